The lowest BCUT2D eigenvalue weighted by Gasteiger charge is -2.26. The van der Waals surface area contributed by atoms with Crippen molar-refractivity contribution in [1.82, 2.24) is 14.9 Å². The van der Waals surface area contributed by atoms with Gasteiger partial charge in [-0.1, -0.05) is 18.7 Å². The molecule has 0 bridgehead atoms. The first kappa shape index (κ1) is 29.7. The first-order valence-corrected chi connectivity index (χ1v) is 15.1. The van der Waals surface area contributed by atoms with Gasteiger partial charge in [-0.3, -0.25) is 4.79 Å². The van der Waals surface area contributed by atoms with Crippen LogP contribution >= 0.6 is 7.14 Å². The van der Waals surface area contributed by atoms with E-state index in [1.54, 1.807) is 32.7 Å². The molecule has 0 radical (unpaired) electrons. The third-order valence-electron chi connectivity index (χ3n) is 6.01. The van der Waals surface area contributed by atoms with Crippen molar-refractivity contribution in [2.75, 3.05) is 75.5 Å². The fourth-order valence-corrected chi connectivity index (χ4v) is 4.99. The molecule has 0 saturated heterocycles. The number of hydrogen-bond acceptors (Lipinski definition) is 9. The van der Waals surface area contributed by atoms with Crippen molar-refractivity contribution < 1.29 is 14.1 Å². The summed E-state index contributed by atoms with van der Waals surface area (Å²) in [7, 11) is 5.04. The van der Waals surface area contributed by atoms with E-state index in [0.29, 0.717) is 28.9 Å². The van der Waals surface area contributed by atoms with Gasteiger partial charge in [0.15, 0.2) is 0 Å². The summed E-state index contributed by atoms with van der Waals surface area (Å²) in [5, 5.41) is 10.2. The Labute approximate surface area is 230 Å². The lowest BCUT2D eigenvalue weighted by molar-refractivity contribution is -0.111. The number of benzene rings is 2. The number of para-hydroxylation sites is 1. The van der Waals surface area contributed by atoms with Gasteiger partial charge in [0.2, 0.25) is 11.9 Å². The summed E-state index contributed by atoms with van der Waals surface area (Å²) in [6, 6.07) is 11.2. The highest BCUT2D eigenvalue weighted by molar-refractivity contribution is 7.70. The van der Waals surface area contributed by atoms with Crippen LogP contribution in [-0.2, 0) is 9.36 Å². The first-order valence-electron chi connectivity index (χ1n) is 12.5. The number of aromatic nitrogens is 2. The number of rotatable bonds is 12. The Hall–Kier alpha value is -3.88. The quantitative estimate of drug-likeness (QED) is 0.219. The Morgan fingerprint density at radius 1 is 1.08 bits per heavy atom. The van der Waals surface area contributed by atoms with Crippen LogP contribution in [0.5, 0.6) is 5.75 Å². The molecule has 2 aromatic carbocycles. The van der Waals surface area contributed by atoms with Gasteiger partial charge < -0.3 is 35.1 Å². The van der Waals surface area contributed by atoms with Crippen molar-refractivity contribution in [1.29, 1.82) is 0 Å². The van der Waals surface area contributed by atoms with Gasteiger partial charge in [0.25, 0.3) is 0 Å². The highest BCUT2D eigenvalue weighted by atomic mass is 31.2. The van der Waals surface area contributed by atoms with E-state index >= 15 is 0 Å². The number of nitrogens with zero attached hydrogens (tertiary/aromatic N) is 4. The number of carbonyl (C=O) groups is 1. The van der Waals surface area contributed by atoms with Gasteiger partial charge in [0.05, 0.1) is 29.9 Å². The molecule has 0 spiro atoms. The van der Waals surface area contributed by atoms with Crippen molar-refractivity contribution in [2.24, 2.45) is 0 Å². The highest BCUT2D eigenvalue weighted by Gasteiger charge is 2.19. The fraction of sp³-hybridized carbons (Fsp3) is 0.321. The molecule has 0 saturated carbocycles. The fourth-order valence-electron chi connectivity index (χ4n) is 3.83. The Morgan fingerprint density at radius 3 is 2.44 bits per heavy atom. The van der Waals surface area contributed by atoms with E-state index in [4.69, 9.17) is 4.74 Å². The molecule has 0 aliphatic carbocycles. The number of nitrogens with one attached hydrogen (secondary N) is 3. The SMILES string of the molecule is C=CC(=O)Nc1cc(Nc2ncc(C)c(Nc3ccccc3P(C)(C)=O)n2)c(OC)cc1N(C)CCN(C)C. The van der Waals surface area contributed by atoms with E-state index in [1.165, 1.54) is 6.08 Å². The topological polar surface area (TPSA) is 112 Å². The maximum atomic E-state index is 12.8. The molecular formula is C28H38N7O3P. The molecule has 0 aliphatic rings. The van der Waals surface area contributed by atoms with Gasteiger partial charge in [-0.2, -0.15) is 4.98 Å². The summed E-state index contributed by atoms with van der Waals surface area (Å²) >= 11 is 0. The maximum absolute atomic E-state index is 12.8. The molecule has 0 fully saturated rings. The molecule has 11 heteroatoms. The smallest absolute Gasteiger partial charge is 0.247 e. The lowest BCUT2D eigenvalue weighted by atomic mass is 10.2. The molecule has 39 heavy (non-hydrogen) atoms. The predicted octanol–water partition coefficient (Wildman–Crippen LogP) is 4.65. The zero-order valence-electron chi connectivity index (χ0n) is 23.7. The maximum Gasteiger partial charge on any atom is 0.247 e. The van der Waals surface area contributed by atoms with E-state index in [2.05, 4.69) is 37.4 Å². The zero-order chi connectivity index (χ0) is 28.7. The molecule has 0 unspecified atom stereocenters. The average molecular weight is 552 g/mol. The zero-order valence-corrected chi connectivity index (χ0v) is 24.6. The summed E-state index contributed by atoms with van der Waals surface area (Å²) in [6.07, 6.45) is 2.93. The van der Waals surface area contributed by atoms with Gasteiger partial charge in [-0.25, -0.2) is 4.98 Å². The van der Waals surface area contributed by atoms with Gasteiger partial charge in [-0.05, 0) is 58.6 Å². The van der Waals surface area contributed by atoms with Gasteiger partial charge in [0.1, 0.15) is 18.7 Å². The minimum atomic E-state index is -2.52. The van der Waals surface area contributed by atoms with Crippen LogP contribution in [0.2, 0.25) is 0 Å². The standard InChI is InChI=1S/C28H38N7O3P/c1-9-26(36)30-21-16-22(24(38-6)17-23(21)35(5)15-14-34(3)4)32-28-29-18-19(2)27(33-28)31-20-12-10-11-13-25(20)39(7,8)37/h9-13,16-18H,1,14-15H2,2-8H3,(H,30,36)(H2,29,31,32,33). The van der Waals surface area contributed by atoms with Crippen LogP contribution in [0.1, 0.15) is 5.56 Å². The van der Waals surface area contributed by atoms with Gasteiger partial charge >= 0.3 is 0 Å². The molecule has 3 rings (SSSR count). The Balaban J connectivity index is 1.99. The average Bonchev–Trinajstić information content (AvgIpc) is 2.89. The molecule has 208 valence electrons. The number of methoxy groups -OCH3 is 1. The third-order valence-corrected chi connectivity index (χ3v) is 7.56. The molecule has 1 heterocycles. The molecule has 3 N–H and O–H groups in total. The Kier molecular flexibility index (Phi) is 9.72. The molecular weight excluding hydrogens is 513 g/mol. The van der Waals surface area contributed by atoms with E-state index < -0.39 is 7.14 Å². The molecule has 3 aromatic rings. The van der Waals surface area contributed by atoms with Gasteiger partial charge in [0, 0.05) is 43.3 Å². The van der Waals surface area contributed by atoms with Crippen LogP contribution in [0.15, 0.2) is 55.3 Å². The van der Waals surface area contributed by atoms with Crippen molar-refractivity contribution in [2.45, 2.75) is 6.92 Å². The number of aryl methyl sites for hydroxylation is 1. The van der Waals surface area contributed by atoms with Crippen molar-refractivity contribution in [3.05, 3.63) is 60.8 Å². The van der Waals surface area contributed by atoms with Gasteiger partial charge in [-0.15, -0.1) is 0 Å². The van der Waals surface area contributed by atoms with Crippen molar-refractivity contribution >= 4 is 52.9 Å². The Bertz CT molecular complexity index is 1390. The molecule has 1 amide bonds. The summed E-state index contributed by atoms with van der Waals surface area (Å²) in [4.78, 5) is 25.5. The largest absolute Gasteiger partial charge is 0.494 e. The number of amides is 1. The molecule has 0 atom stereocenters. The molecule has 1 aromatic heterocycles. The normalized spacial score (nSPS) is 11.2. The van der Waals surface area contributed by atoms with Crippen LogP contribution in [0.3, 0.4) is 0 Å². The monoisotopic (exact) mass is 551 g/mol. The minimum absolute atomic E-state index is 0.324. The molecule has 0 aliphatic heterocycles. The lowest BCUT2D eigenvalue weighted by Crippen LogP contribution is -2.29. The van der Waals surface area contributed by atoms with E-state index in [1.807, 2.05) is 63.3 Å². The van der Waals surface area contributed by atoms with Crippen LogP contribution in [0, 0.1) is 6.92 Å². The van der Waals surface area contributed by atoms with Crippen LogP contribution in [0.25, 0.3) is 0 Å². The predicted molar refractivity (Wildman–Crippen MR) is 163 cm³/mol. The highest BCUT2D eigenvalue weighted by Crippen LogP contribution is 2.39. The summed E-state index contributed by atoms with van der Waals surface area (Å²) in [5.41, 5.74) is 3.51. The van der Waals surface area contributed by atoms with E-state index in [-0.39, 0.29) is 5.91 Å². The number of ether oxygens (including phenoxy) is 1. The Morgan fingerprint density at radius 2 is 1.79 bits per heavy atom. The van der Waals surface area contributed by atoms with E-state index in [0.717, 1.165) is 35.3 Å². The minimum Gasteiger partial charge on any atom is -0.494 e. The second-order valence-corrected chi connectivity index (χ2v) is 13.0. The van der Waals surface area contributed by atoms with Crippen LogP contribution in [0.4, 0.5) is 34.5 Å². The van der Waals surface area contributed by atoms with Crippen molar-refractivity contribution in [3.63, 3.8) is 0 Å². The van der Waals surface area contributed by atoms with E-state index in [9.17, 15) is 9.36 Å². The summed E-state index contributed by atoms with van der Waals surface area (Å²) < 4.78 is 18.5. The first-order chi connectivity index (χ1) is 18.4. The van der Waals surface area contributed by atoms with Crippen LogP contribution in [-0.4, -0.2) is 75.4 Å². The van der Waals surface area contributed by atoms with Crippen molar-refractivity contribution in [3.8, 4) is 5.75 Å². The summed E-state index contributed by atoms with van der Waals surface area (Å²) in [6.45, 7) is 10.5. The number of anilines is 6. The second-order valence-electron chi connectivity index (χ2n) is 9.83. The van der Waals surface area contributed by atoms with Crippen LogP contribution < -0.4 is 30.9 Å². The number of carbonyl (C=O) groups excluding carboxylic acids is 1. The number of likely N-dealkylation sites (N-methyl/N-ethyl adjacent to an activating group) is 2. The summed E-state index contributed by atoms with van der Waals surface area (Å²) in [5.74, 6) is 1.13. The third kappa shape index (κ3) is 7.81. The second kappa shape index (κ2) is 12.8. The molecule has 10 nitrogen and oxygen atoms in total. The number of hydrogen-bond donors (Lipinski definition) is 3.